The topological polar surface area (TPSA) is 80.5 Å². The Morgan fingerprint density at radius 3 is 2.87 bits per heavy atom. The Bertz CT molecular complexity index is 645. The van der Waals surface area contributed by atoms with Crippen molar-refractivity contribution in [3.8, 4) is 0 Å². The molecule has 0 spiro atoms. The standard InChI is InChI=1S/C17H20N4O2/c18-20-17(22)14-5-3-13(4-6-14)10-16-12-21(8-9-23-16)15-2-1-7-19-11-15/h1-7,11,16H,8-10,12,18H2,(H,20,22). The van der Waals surface area contributed by atoms with Crippen molar-refractivity contribution in [3.05, 3.63) is 59.9 Å². The van der Waals surface area contributed by atoms with Crippen LogP contribution in [0.1, 0.15) is 15.9 Å². The molecule has 3 rings (SSSR count). The Hall–Kier alpha value is -2.44. The second-order valence-electron chi connectivity index (χ2n) is 5.52. The van der Waals surface area contributed by atoms with Crippen LogP contribution in [0.4, 0.5) is 5.69 Å². The van der Waals surface area contributed by atoms with Gasteiger partial charge in [-0.3, -0.25) is 15.2 Å². The van der Waals surface area contributed by atoms with Gasteiger partial charge in [0.15, 0.2) is 0 Å². The highest BCUT2D eigenvalue weighted by molar-refractivity contribution is 5.93. The van der Waals surface area contributed by atoms with Crippen LogP contribution in [-0.4, -0.2) is 36.7 Å². The van der Waals surface area contributed by atoms with E-state index in [0.29, 0.717) is 12.2 Å². The largest absolute Gasteiger partial charge is 0.374 e. The fourth-order valence-electron chi connectivity index (χ4n) is 2.76. The molecule has 0 aliphatic carbocycles. The van der Waals surface area contributed by atoms with Crippen LogP contribution in [0.5, 0.6) is 0 Å². The molecule has 1 fully saturated rings. The molecule has 2 heterocycles. The predicted molar refractivity (Wildman–Crippen MR) is 88.0 cm³/mol. The lowest BCUT2D eigenvalue weighted by atomic mass is 10.0. The van der Waals surface area contributed by atoms with Gasteiger partial charge in [0.2, 0.25) is 0 Å². The molecule has 0 saturated carbocycles. The first-order valence-electron chi connectivity index (χ1n) is 7.63. The van der Waals surface area contributed by atoms with Crippen molar-refractivity contribution in [2.45, 2.75) is 12.5 Å². The third-order valence-electron chi connectivity index (χ3n) is 3.96. The molecular weight excluding hydrogens is 292 g/mol. The Balaban J connectivity index is 1.62. The number of hydrogen-bond acceptors (Lipinski definition) is 5. The highest BCUT2D eigenvalue weighted by Crippen LogP contribution is 2.18. The van der Waals surface area contributed by atoms with Crippen molar-refractivity contribution in [1.82, 2.24) is 10.4 Å². The summed E-state index contributed by atoms with van der Waals surface area (Å²) in [6.07, 6.45) is 4.59. The SMILES string of the molecule is NNC(=O)c1ccc(CC2CN(c3cccnc3)CCO2)cc1. The van der Waals surface area contributed by atoms with E-state index in [1.54, 1.807) is 18.3 Å². The molecule has 0 radical (unpaired) electrons. The summed E-state index contributed by atoms with van der Waals surface area (Å²) in [5, 5.41) is 0. The molecule has 0 bridgehead atoms. The smallest absolute Gasteiger partial charge is 0.265 e. The molecule has 1 aromatic heterocycles. The summed E-state index contributed by atoms with van der Waals surface area (Å²) >= 11 is 0. The number of nitrogens with two attached hydrogens (primary N) is 1. The maximum atomic E-state index is 11.4. The highest BCUT2D eigenvalue weighted by Gasteiger charge is 2.21. The van der Waals surface area contributed by atoms with Gasteiger partial charge in [0, 0.05) is 31.3 Å². The zero-order valence-corrected chi connectivity index (χ0v) is 12.8. The van der Waals surface area contributed by atoms with Gasteiger partial charge in [-0.25, -0.2) is 5.84 Å². The van der Waals surface area contributed by atoms with Crippen molar-refractivity contribution < 1.29 is 9.53 Å². The number of amides is 1. The van der Waals surface area contributed by atoms with Crippen LogP contribution in [0.3, 0.4) is 0 Å². The van der Waals surface area contributed by atoms with Gasteiger partial charge < -0.3 is 9.64 Å². The number of carbonyl (C=O) groups excluding carboxylic acids is 1. The third-order valence-corrected chi connectivity index (χ3v) is 3.96. The lowest BCUT2D eigenvalue weighted by molar-refractivity contribution is 0.0410. The fraction of sp³-hybridized carbons (Fsp3) is 0.294. The van der Waals surface area contributed by atoms with Crippen LogP contribution in [0.15, 0.2) is 48.8 Å². The fourth-order valence-corrected chi connectivity index (χ4v) is 2.76. The monoisotopic (exact) mass is 312 g/mol. The van der Waals surface area contributed by atoms with E-state index in [1.165, 1.54) is 0 Å². The van der Waals surface area contributed by atoms with Crippen LogP contribution in [-0.2, 0) is 11.2 Å². The number of nitrogens with one attached hydrogen (secondary N) is 1. The van der Waals surface area contributed by atoms with E-state index < -0.39 is 0 Å². The van der Waals surface area contributed by atoms with Crippen molar-refractivity contribution >= 4 is 11.6 Å². The van der Waals surface area contributed by atoms with E-state index in [0.717, 1.165) is 30.8 Å². The number of morpholine rings is 1. The molecule has 6 nitrogen and oxygen atoms in total. The molecule has 2 aromatic rings. The second kappa shape index (κ2) is 7.21. The minimum absolute atomic E-state index is 0.123. The summed E-state index contributed by atoms with van der Waals surface area (Å²) in [6.45, 7) is 2.40. The van der Waals surface area contributed by atoms with E-state index in [1.807, 2.05) is 24.4 Å². The molecule has 1 aliphatic rings. The summed E-state index contributed by atoms with van der Waals surface area (Å²) in [5.74, 6) is 4.85. The average molecular weight is 312 g/mol. The maximum absolute atomic E-state index is 11.4. The molecule has 23 heavy (non-hydrogen) atoms. The van der Waals surface area contributed by atoms with Crippen LogP contribution in [0.2, 0.25) is 0 Å². The highest BCUT2D eigenvalue weighted by atomic mass is 16.5. The lowest BCUT2D eigenvalue weighted by Gasteiger charge is -2.34. The molecule has 1 unspecified atom stereocenters. The third kappa shape index (κ3) is 3.85. The van der Waals surface area contributed by atoms with Crippen LogP contribution < -0.4 is 16.2 Å². The summed E-state index contributed by atoms with van der Waals surface area (Å²) in [7, 11) is 0. The minimum atomic E-state index is -0.284. The number of nitrogens with zero attached hydrogens (tertiary/aromatic N) is 2. The van der Waals surface area contributed by atoms with Crippen LogP contribution in [0.25, 0.3) is 0 Å². The molecule has 1 aliphatic heterocycles. The maximum Gasteiger partial charge on any atom is 0.265 e. The molecule has 1 aromatic carbocycles. The van der Waals surface area contributed by atoms with Gasteiger partial charge in [-0.2, -0.15) is 0 Å². The van der Waals surface area contributed by atoms with Gasteiger partial charge >= 0.3 is 0 Å². The predicted octanol–water partition coefficient (Wildman–Crippen LogP) is 1.13. The van der Waals surface area contributed by atoms with Crippen LogP contribution >= 0.6 is 0 Å². The van der Waals surface area contributed by atoms with Gasteiger partial charge in [-0.1, -0.05) is 12.1 Å². The lowest BCUT2D eigenvalue weighted by Crippen LogP contribution is -2.43. The summed E-state index contributed by atoms with van der Waals surface area (Å²) in [5.41, 5.74) is 4.94. The van der Waals surface area contributed by atoms with Gasteiger partial charge in [-0.15, -0.1) is 0 Å². The van der Waals surface area contributed by atoms with Crippen molar-refractivity contribution in [1.29, 1.82) is 0 Å². The Morgan fingerprint density at radius 2 is 2.17 bits per heavy atom. The summed E-state index contributed by atoms with van der Waals surface area (Å²) in [4.78, 5) is 17.9. The normalized spacial score (nSPS) is 17.8. The number of hydrogen-bond donors (Lipinski definition) is 2. The summed E-state index contributed by atoms with van der Waals surface area (Å²) < 4.78 is 5.87. The number of nitrogen functional groups attached to an aromatic ring is 1. The average Bonchev–Trinajstić information content (AvgIpc) is 2.63. The molecule has 1 amide bonds. The summed E-state index contributed by atoms with van der Waals surface area (Å²) in [6, 6.07) is 11.4. The molecule has 120 valence electrons. The van der Waals surface area contributed by atoms with Gasteiger partial charge in [0.25, 0.3) is 5.91 Å². The molecule has 3 N–H and O–H groups in total. The zero-order chi connectivity index (χ0) is 16.1. The van der Waals surface area contributed by atoms with E-state index in [-0.39, 0.29) is 12.0 Å². The number of hydrazine groups is 1. The number of ether oxygens (including phenoxy) is 1. The van der Waals surface area contributed by atoms with Gasteiger partial charge in [-0.05, 0) is 29.8 Å². The number of benzene rings is 1. The molecule has 6 heteroatoms. The quantitative estimate of drug-likeness (QED) is 0.502. The number of carbonyl (C=O) groups is 1. The first-order chi connectivity index (χ1) is 11.3. The number of rotatable bonds is 4. The Labute approximate surface area is 135 Å². The van der Waals surface area contributed by atoms with E-state index in [2.05, 4.69) is 21.4 Å². The van der Waals surface area contributed by atoms with Gasteiger partial charge in [0.1, 0.15) is 0 Å². The van der Waals surface area contributed by atoms with E-state index in [9.17, 15) is 4.79 Å². The zero-order valence-electron chi connectivity index (χ0n) is 12.8. The van der Waals surface area contributed by atoms with Gasteiger partial charge in [0.05, 0.1) is 24.6 Å². The van der Waals surface area contributed by atoms with Crippen molar-refractivity contribution in [2.75, 3.05) is 24.6 Å². The van der Waals surface area contributed by atoms with E-state index >= 15 is 0 Å². The van der Waals surface area contributed by atoms with Crippen LogP contribution in [0, 0.1) is 0 Å². The molecule has 1 saturated heterocycles. The van der Waals surface area contributed by atoms with Crippen molar-refractivity contribution in [3.63, 3.8) is 0 Å². The Kier molecular flexibility index (Phi) is 4.85. The minimum Gasteiger partial charge on any atom is -0.374 e. The first-order valence-corrected chi connectivity index (χ1v) is 7.63. The van der Waals surface area contributed by atoms with Crippen molar-refractivity contribution in [2.24, 2.45) is 5.84 Å². The number of aromatic nitrogens is 1. The first kappa shape index (κ1) is 15.5. The second-order valence-corrected chi connectivity index (χ2v) is 5.52. The molecular formula is C17H20N4O2. The number of pyridine rings is 1. The number of anilines is 1. The van der Waals surface area contributed by atoms with E-state index in [4.69, 9.17) is 10.6 Å². The molecule has 1 atom stereocenters. The Morgan fingerprint density at radius 1 is 1.35 bits per heavy atom.